The number of rotatable bonds is 3. The van der Waals surface area contributed by atoms with Crippen LogP contribution in [0, 0.1) is 12.8 Å². The molecule has 1 aromatic heterocycles. The number of aliphatic carboxylic acids is 1. The molecule has 0 aromatic carbocycles. The van der Waals surface area contributed by atoms with Gasteiger partial charge >= 0.3 is 5.97 Å². The lowest BCUT2D eigenvalue weighted by atomic mass is 9.86. The molecule has 0 aliphatic heterocycles. The number of aryl methyl sites for hydroxylation is 2. The van der Waals surface area contributed by atoms with Gasteiger partial charge in [0.15, 0.2) is 0 Å². The van der Waals surface area contributed by atoms with Crippen LogP contribution in [0.3, 0.4) is 0 Å². The highest BCUT2D eigenvalue weighted by Gasteiger charge is 2.27. The molecular weight excluding hydrogens is 246 g/mol. The second kappa shape index (κ2) is 5.42. The molecule has 2 N–H and O–H groups in total. The number of hydrogen-bond donors (Lipinski definition) is 2. The zero-order chi connectivity index (χ0) is 14.0. The van der Waals surface area contributed by atoms with Crippen molar-refractivity contribution in [2.24, 2.45) is 13.0 Å². The molecule has 0 saturated heterocycles. The fourth-order valence-electron chi connectivity index (χ4n) is 2.57. The molecule has 0 unspecified atom stereocenters. The summed E-state index contributed by atoms with van der Waals surface area (Å²) >= 11 is 0. The van der Waals surface area contributed by atoms with Gasteiger partial charge in [0, 0.05) is 19.3 Å². The molecule has 1 amide bonds. The number of carbonyl (C=O) groups excluding carboxylic acids is 1. The van der Waals surface area contributed by atoms with E-state index in [0.717, 1.165) is 12.8 Å². The predicted molar refractivity (Wildman–Crippen MR) is 68.8 cm³/mol. The van der Waals surface area contributed by atoms with Crippen LogP contribution in [0.4, 0.5) is 0 Å². The van der Waals surface area contributed by atoms with Gasteiger partial charge in [0.1, 0.15) is 0 Å². The lowest BCUT2D eigenvalue weighted by Gasteiger charge is -2.26. The third kappa shape index (κ3) is 3.13. The van der Waals surface area contributed by atoms with Crippen molar-refractivity contribution in [1.29, 1.82) is 0 Å². The average Bonchev–Trinajstić information content (AvgIpc) is 2.69. The second-order valence-electron chi connectivity index (χ2n) is 5.16. The molecule has 1 heterocycles. The van der Waals surface area contributed by atoms with Crippen LogP contribution in [0.5, 0.6) is 0 Å². The number of nitrogens with zero attached hydrogens (tertiary/aromatic N) is 2. The Hall–Kier alpha value is -1.85. The molecule has 1 aromatic rings. The fourth-order valence-corrected chi connectivity index (χ4v) is 2.57. The van der Waals surface area contributed by atoms with E-state index in [0.29, 0.717) is 24.1 Å². The highest BCUT2D eigenvalue weighted by Crippen LogP contribution is 2.24. The van der Waals surface area contributed by atoms with Crippen molar-refractivity contribution in [3.8, 4) is 0 Å². The molecule has 104 valence electrons. The van der Waals surface area contributed by atoms with Crippen LogP contribution < -0.4 is 5.32 Å². The molecule has 0 radical (unpaired) electrons. The molecule has 1 aliphatic rings. The second-order valence-corrected chi connectivity index (χ2v) is 5.16. The Labute approximate surface area is 111 Å². The van der Waals surface area contributed by atoms with E-state index in [1.807, 2.05) is 0 Å². The summed E-state index contributed by atoms with van der Waals surface area (Å²) in [6.07, 6.45) is 4.41. The van der Waals surface area contributed by atoms with Crippen LogP contribution in [-0.2, 0) is 11.8 Å². The zero-order valence-electron chi connectivity index (χ0n) is 11.2. The minimum absolute atomic E-state index is 0.0720. The maximum atomic E-state index is 12.1. The lowest BCUT2D eigenvalue weighted by molar-refractivity contribution is -0.142. The van der Waals surface area contributed by atoms with Crippen LogP contribution >= 0.6 is 0 Å². The van der Waals surface area contributed by atoms with Gasteiger partial charge in [-0.1, -0.05) is 0 Å². The molecule has 1 aliphatic carbocycles. The highest BCUT2D eigenvalue weighted by molar-refractivity contribution is 5.95. The Bertz CT molecular complexity index is 487. The Balaban J connectivity index is 1.91. The van der Waals surface area contributed by atoms with Gasteiger partial charge in [-0.15, -0.1) is 0 Å². The molecule has 1 saturated carbocycles. The van der Waals surface area contributed by atoms with Gasteiger partial charge in [-0.2, -0.15) is 5.10 Å². The van der Waals surface area contributed by atoms with Crippen molar-refractivity contribution in [3.05, 3.63) is 17.5 Å². The molecule has 0 bridgehead atoms. The molecule has 6 heteroatoms. The van der Waals surface area contributed by atoms with E-state index in [2.05, 4.69) is 10.4 Å². The third-order valence-electron chi connectivity index (χ3n) is 3.67. The first-order chi connectivity index (χ1) is 8.97. The monoisotopic (exact) mass is 265 g/mol. The zero-order valence-corrected chi connectivity index (χ0v) is 11.2. The van der Waals surface area contributed by atoms with Crippen molar-refractivity contribution in [2.45, 2.75) is 38.6 Å². The predicted octanol–water partition coefficient (Wildman–Crippen LogP) is 1.10. The van der Waals surface area contributed by atoms with Crippen LogP contribution in [0.25, 0.3) is 0 Å². The molecule has 19 heavy (non-hydrogen) atoms. The number of aromatic nitrogens is 2. The first-order valence-corrected chi connectivity index (χ1v) is 6.51. The molecule has 1 fully saturated rings. The van der Waals surface area contributed by atoms with Gasteiger partial charge in [0.25, 0.3) is 5.91 Å². The van der Waals surface area contributed by atoms with Crippen molar-refractivity contribution < 1.29 is 14.7 Å². The average molecular weight is 265 g/mol. The molecule has 0 spiro atoms. The van der Waals surface area contributed by atoms with E-state index in [1.165, 1.54) is 0 Å². The van der Waals surface area contributed by atoms with Crippen molar-refractivity contribution in [3.63, 3.8) is 0 Å². The summed E-state index contributed by atoms with van der Waals surface area (Å²) in [5.74, 6) is -1.11. The van der Waals surface area contributed by atoms with E-state index in [1.54, 1.807) is 24.9 Å². The summed E-state index contributed by atoms with van der Waals surface area (Å²) < 4.78 is 1.62. The maximum absolute atomic E-state index is 12.1. The standard InChI is InChI=1S/C13H19N3O3/c1-8-11(7-16(2)15-8)12(17)14-10-5-3-9(4-6-10)13(18)19/h7,9-10H,3-6H2,1-2H3,(H,14,17)(H,18,19). The number of carboxylic acid groups (broad SMARTS) is 1. The quantitative estimate of drug-likeness (QED) is 0.857. The first kappa shape index (κ1) is 13.6. The minimum Gasteiger partial charge on any atom is -0.481 e. The summed E-state index contributed by atoms with van der Waals surface area (Å²) in [5, 5.41) is 16.0. The SMILES string of the molecule is Cc1nn(C)cc1C(=O)NC1CCC(C(=O)O)CC1. The fraction of sp³-hybridized carbons (Fsp3) is 0.615. The van der Waals surface area contributed by atoms with E-state index >= 15 is 0 Å². The number of carboxylic acids is 1. The number of carbonyl (C=O) groups is 2. The Kier molecular flexibility index (Phi) is 3.87. The van der Waals surface area contributed by atoms with E-state index in [9.17, 15) is 9.59 Å². The van der Waals surface area contributed by atoms with Crippen LogP contribution in [0.2, 0.25) is 0 Å². The van der Waals surface area contributed by atoms with E-state index < -0.39 is 5.97 Å². The first-order valence-electron chi connectivity index (χ1n) is 6.51. The Morgan fingerprint density at radius 2 is 2.00 bits per heavy atom. The highest BCUT2D eigenvalue weighted by atomic mass is 16.4. The molecule has 2 rings (SSSR count). The van der Waals surface area contributed by atoms with Crippen LogP contribution in [0.15, 0.2) is 6.20 Å². The Morgan fingerprint density at radius 3 is 2.47 bits per heavy atom. The van der Waals surface area contributed by atoms with Crippen LogP contribution in [0.1, 0.15) is 41.7 Å². The minimum atomic E-state index is -0.729. The molecule has 0 atom stereocenters. The smallest absolute Gasteiger partial charge is 0.306 e. The summed E-state index contributed by atoms with van der Waals surface area (Å²) in [6, 6.07) is 0.0720. The van der Waals surface area contributed by atoms with Crippen molar-refractivity contribution >= 4 is 11.9 Å². The van der Waals surface area contributed by atoms with Gasteiger partial charge in [-0.25, -0.2) is 0 Å². The summed E-state index contributed by atoms with van der Waals surface area (Å²) in [7, 11) is 1.78. The molecular formula is C13H19N3O3. The van der Waals surface area contributed by atoms with E-state index in [-0.39, 0.29) is 17.9 Å². The van der Waals surface area contributed by atoms with Crippen molar-refractivity contribution in [2.75, 3.05) is 0 Å². The van der Waals surface area contributed by atoms with Gasteiger partial charge in [-0.05, 0) is 32.6 Å². The lowest BCUT2D eigenvalue weighted by Crippen LogP contribution is -2.38. The van der Waals surface area contributed by atoms with Gasteiger partial charge < -0.3 is 10.4 Å². The van der Waals surface area contributed by atoms with Crippen molar-refractivity contribution in [1.82, 2.24) is 15.1 Å². The number of nitrogens with one attached hydrogen (secondary N) is 1. The van der Waals surface area contributed by atoms with Gasteiger partial charge in [-0.3, -0.25) is 14.3 Å². The third-order valence-corrected chi connectivity index (χ3v) is 3.67. The van der Waals surface area contributed by atoms with E-state index in [4.69, 9.17) is 5.11 Å². The Morgan fingerprint density at radius 1 is 1.37 bits per heavy atom. The largest absolute Gasteiger partial charge is 0.481 e. The van der Waals surface area contributed by atoms with Gasteiger partial charge in [0.05, 0.1) is 17.2 Å². The summed E-state index contributed by atoms with van der Waals surface area (Å²) in [5.41, 5.74) is 1.29. The summed E-state index contributed by atoms with van der Waals surface area (Å²) in [6.45, 7) is 1.80. The normalized spacial score (nSPS) is 23.1. The van der Waals surface area contributed by atoms with Gasteiger partial charge in [0.2, 0.25) is 0 Å². The number of hydrogen-bond acceptors (Lipinski definition) is 3. The summed E-state index contributed by atoms with van der Waals surface area (Å²) in [4.78, 5) is 22.9. The van der Waals surface area contributed by atoms with Crippen LogP contribution in [-0.4, -0.2) is 32.8 Å². The molecule has 6 nitrogen and oxygen atoms in total. The number of amides is 1. The maximum Gasteiger partial charge on any atom is 0.306 e. The topological polar surface area (TPSA) is 84.2 Å².